The molecule has 6 heteroatoms. The average molecular weight is 498 g/mol. The van der Waals surface area contributed by atoms with Gasteiger partial charge in [0.05, 0.1) is 14.2 Å². The van der Waals surface area contributed by atoms with Crippen molar-refractivity contribution in [3.63, 3.8) is 0 Å². The first-order chi connectivity index (χ1) is 17.7. The predicted octanol–water partition coefficient (Wildman–Crippen LogP) is 7.61. The van der Waals surface area contributed by atoms with Crippen LogP contribution in [-0.4, -0.2) is 26.2 Å². The van der Waals surface area contributed by atoms with Gasteiger partial charge in [-0.1, -0.05) is 68.5 Å². The molecule has 2 aliphatic carbocycles. The fraction of sp³-hybridized carbons (Fsp3) is 0.226. The Hall–Kier alpha value is -4.32. The first kappa shape index (κ1) is 25.8. The van der Waals surface area contributed by atoms with Crippen LogP contribution in [0, 0.1) is 13.8 Å². The van der Waals surface area contributed by atoms with Crippen molar-refractivity contribution in [2.24, 2.45) is 0 Å². The van der Waals surface area contributed by atoms with E-state index in [1.165, 1.54) is 19.8 Å². The minimum Gasteiger partial charge on any atom is -0.465 e. The Morgan fingerprint density at radius 1 is 0.865 bits per heavy atom. The number of aryl methyl sites for hydroxylation is 2. The summed E-state index contributed by atoms with van der Waals surface area (Å²) in [6.07, 6.45) is 3.45. The van der Waals surface area contributed by atoms with Gasteiger partial charge in [0.25, 0.3) is 0 Å². The van der Waals surface area contributed by atoms with E-state index >= 15 is 0 Å². The molecule has 190 valence electrons. The van der Waals surface area contributed by atoms with Crippen molar-refractivity contribution in [2.45, 2.75) is 33.6 Å². The van der Waals surface area contributed by atoms with Crippen LogP contribution in [0.1, 0.15) is 68.5 Å². The highest BCUT2D eigenvalue weighted by atomic mass is 16.5. The summed E-state index contributed by atoms with van der Waals surface area (Å²) in [5.74, 6) is -0.726. The molecule has 0 fully saturated rings. The normalized spacial score (nSPS) is 11.3. The number of carbonyl (C=O) groups is 2. The number of furan rings is 1. The Morgan fingerprint density at radius 2 is 1.54 bits per heavy atom. The van der Waals surface area contributed by atoms with Gasteiger partial charge in [-0.2, -0.15) is 0 Å². The van der Waals surface area contributed by atoms with Gasteiger partial charge < -0.3 is 19.2 Å². The third-order valence-electron chi connectivity index (χ3n) is 6.41. The molecule has 1 aromatic heterocycles. The van der Waals surface area contributed by atoms with Crippen LogP contribution in [0.2, 0.25) is 0 Å². The molecule has 0 atom stereocenters. The highest BCUT2D eigenvalue weighted by molar-refractivity contribution is 6.09. The van der Waals surface area contributed by atoms with Gasteiger partial charge in [0.15, 0.2) is 0 Å². The van der Waals surface area contributed by atoms with Crippen molar-refractivity contribution in [3.05, 3.63) is 93.7 Å². The zero-order valence-electron chi connectivity index (χ0n) is 22.0. The highest BCUT2D eigenvalue weighted by Crippen LogP contribution is 2.42. The molecule has 0 radical (unpaired) electrons. The Bertz CT molecular complexity index is 1450. The van der Waals surface area contributed by atoms with E-state index < -0.39 is 11.9 Å². The van der Waals surface area contributed by atoms with Gasteiger partial charge in [-0.05, 0) is 59.7 Å². The summed E-state index contributed by atoms with van der Waals surface area (Å²) in [5, 5.41) is 3.28. The van der Waals surface area contributed by atoms with E-state index in [1.54, 1.807) is 12.2 Å². The number of benzene rings is 1. The van der Waals surface area contributed by atoms with Crippen LogP contribution in [0.5, 0.6) is 0 Å². The maximum atomic E-state index is 12.9. The Balaban J connectivity index is 1.87. The maximum absolute atomic E-state index is 12.9. The molecule has 0 bridgehead atoms. The molecule has 0 spiro atoms. The number of methoxy groups -OCH3 is 2. The number of nitrogens with one attached hydrogen (secondary N) is 1. The summed E-state index contributed by atoms with van der Waals surface area (Å²) in [7, 11) is 2.53. The molecule has 1 aromatic carbocycles. The smallest absolute Gasteiger partial charge is 0.344 e. The lowest BCUT2D eigenvalue weighted by Gasteiger charge is -2.08. The van der Waals surface area contributed by atoms with Gasteiger partial charge in [-0.25, -0.2) is 9.59 Å². The molecule has 0 aliphatic heterocycles. The van der Waals surface area contributed by atoms with Crippen molar-refractivity contribution in [1.29, 1.82) is 0 Å². The molecular weight excluding hydrogens is 466 g/mol. The SMILES string of the molecule is COC(=O)c1c(/C=C/c2ccccc2)oc(Nc2cc(C)c3cc(C(C)C)ccc(C)c2-3)c1C(=O)OC. The monoisotopic (exact) mass is 497 g/mol. The van der Waals surface area contributed by atoms with Crippen LogP contribution in [0.15, 0.2) is 59.0 Å². The maximum Gasteiger partial charge on any atom is 0.344 e. The minimum absolute atomic E-state index is 0.000913. The lowest BCUT2D eigenvalue weighted by Crippen LogP contribution is -2.12. The molecule has 2 aliphatic rings. The number of hydrogen-bond acceptors (Lipinski definition) is 6. The van der Waals surface area contributed by atoms with Crippen LogP contribution in [0.3, 0.4) is 0 Å². The predicted molar refractivity (Wildman–Crippen MR) is 147 cm³/mol. The first-order valence-corrected chi connectivity index (χ1v) is 12.1. The number of ether oxygens (including phenoxy) is 2. The van der Waals surface area contributed by atoms with E-state index in [2.05, 4.69) is 37.4 Å². The van der Waals surface area contributed by atoms with Crippen molar-refractivity contribution in [3.8, 4) is 11.1 Å². The minimum atomic E-state index is -0.706. The van der Waals surface area contributed by atoms with Gasteiger partial charge in [-0.15, -0.1) is 0 Å². The quantitative estimate of drug-likeness (QED) is 0.265. The van der Waals surface area contributed by atoms with Crippen LogP contribution in [0.25, 0.3) is 23.3 Å². The number of hydrogen-bond donors (Lipinski definition) is 1. The van der Waals surface area contributed by atoms with E-state index in [-0.39, 0.29) is 22.8 Å². The fourth-order valence-electron chi connectivity index (χ4n) is 4.41. The Kier molecular flexibility index (Phi) is 7.48. The van der Waals surface area contributed by atoms with Crippen molar-refractivity contribution in [1.82, 2.24) is 0 Å². The van der Waals surface area contributed by atoms with Crippen molar-refractivity contribution >= 4 is 35.7 Å². The lowest BCUT2D eigenvalue weighted by molar-refractivity contribution is 0.0557. The van der Waals surface area contributed by atoms with Crippen LogP contribution in [-0.2, 0) is 9.47 Å². The Morgan fingerprint density at radius 3 is 2.19 bits per heavy atom. The first-order valence-electron chi connectivity index (χ1n) is 12.1. The molecule has 0 unspecified atom stereocenters. The third kappa shape index (κ3) is 5.14. The summed E-state index contributed by atoms with van der Waals surface area (Å²) in [5.41, 5.74) is 7.16. The van der Waals surface area contributed by atoms with Gasteiger partial charge >= 0.3 is 11.9 Å². The fourth-order valence-corrected chi connectivity index (χ4v) is 4.41. The van der Waals surface area contributed by atoms with E-state index in [0.717, 1.165) is 33.5 Å². The molecule has 2 aromatic rings. The highest BCUT2D eigenvalue weighted by Gasteiger charge is 2.32. The molecular formula is C31H31NO5. The number of esters is 2. The number of rotatable bonds is 7. The molecule has 1 heterocycles. The van der Waals surface area contributed by atoms with Gasteiger partial charge in [0, 0.05) is 11.3 Å². The number of fused-ring (bicyclic) bond motifs is 1. The van der Waals surface area contributed by atoms with E-state index in [0.29, 0.717) is 5.92 Å². The van der Waals surface area contributed by atoms with Gasteiger partial charge in [0.2, 0.25) is 5.88 Å². The van der Waals surface area contributed by atoms with E-state index in [9.17, 15) is 9.59 Å². The molecule has 37 heavy (non-hydrogen) atoms. The second kappa shape index (κ2) is 10.7. The molecule has 4 rings (SSSR count). The second-order valence-electron chi connectivity index (χ2n) is 9.24. The third-order valence-corrected chi connectivity index (χ3v) is 6.41. The van der Waals surface area contributed by atoms with E-state index in [4.69, 9.17) is 13.9 Å². The second-order valence-corrected chi connectivity index (χ2v) is 9.24. The number of anilines is 2. The van der Waals surface area contributed by atoms with Crippen molar-refractivity contribution in [2.75, 3.05) is 19.5 Å². The summed E-state index contributed by atoms with van der Waals surface area (Å²) >= 11 is 0. The standard InChI is InChI=1S/C31H31NO5/c1-18(2)22-14-12-19(3)26-23(17-22)20(4)16-24(26)32-29-28(31(34)36-6)27(30(33)35-5)25(37-29)15-13-21-10-8-7-9-11-21/h7-18,32H,1-6H3/b15-13+. The summed E-state index contributed by atoms with van der Waals surface area (Å²) in [6.45, 7) is 8.43. The number of carbonyl (C=O) groups excluding carboxylic acids is 2. The molecule has 0 saturated carbocycles. The lowest BCUT2D eigenvalue weighted by atomic mass is 10.0. The molecule has 6 nitrogen and oxygen atoms in total. The summed E-state index contributed by atoms with van der Waals surface area (Å²) in [6, 6.07) is 18.0. The molecule has 1 N–H and O–H groups in total. The molecule has 0 saturated heterocycles. The van der Waals surface area contributed by atoms with Gasteiger partial charge in [-0.3, -0.25) is 0 Å². The Labute approximate surface area is 217 Å². The zero-order valence-corrected chi connectivity index (χ0v) is 22.0. The van der Waals surface area contributed by atoms with E-state index in [1.807, 2.05) is 50.2 Å². The summed E-state index contributed by atoms with van der Waals surface area (Å²) < 4.78 is 16.1. The van der Waals surface area contributed by atoms with Crippen LogP contribution in [0.4, 0.5) is 11.6 Å². The zero-order chi connectivity index (χ0) is 26.7. The van der Waals surface area contributed by atoms with Gasteiger partial charge in [0.1, 0.15) is 16.9 Å². The van der Waals surface area contributed by atoms with Crippen LogP contribution < -0.4 is 5.32 Å². The van der Waals surface area contributed by atoms with Crippen LogP contribution >= 0.6 is 0 Å². The average Bonchev–Trinajstić information content (AvgIpc) is 3.33. The van der Waals surface area contributed by atoms with Crippen molar-refractivity contribution < 1.29 is 23.5 Å². The molecule has 0 amide bonds. The largest absolute Gasteiger partial charge is 0.465 e. The summed E-state index contributed by atoms with van der Waals surface area (Å²) in [4.78, 5) is 25.7. The topological polar surface area (TPSA) is 77.8 Å².